The average molecular weight is 373 g/mol. The van der Waals surface area contributed by atoms with Crippen LogP contribution in [0.2, 0.25) is 5.02 Å². The minimum absolute atomic E-state index is 0.118. The summed E-state index contributed by atoms with van der Waals surface area (Å²) >= 11 is 6.07. The van der Waals surface area contributed by atoms with Gasteiger partial charge in [-0.25, -0.2) is 0 Å². The smallest absolute Gasteiger partial charge is 0.229 e. The van der Waals surface area contributed by atoms with Crippen LogP contribution < -0.4 is 15.0 Å². The summed E-state index contributed by atoms with van der Waals surface area (Å²) in [4.78, 5) is 26.8. The van der Waals surface area contributed by atoms with Crippen molar-refractivity contribution >= 4 is 34.8 Å². The molecule has 1 heterocycles. The highest BCUT2D eigenvalue weighted by molar-refractivity contribution is 6.31. The van der Waals surface area contributed by atoms with Gasteiger partial charge in [0.25, 0.3) is 0 Å². The number of nitrogens with zero attached hydrogens (tertiary/aromatic N) is 1. The number of hydrogen-bond donors (Lipinski definition) is 1. The van der Waals surface area contributed by atoms with Crippen LogP contribution in [-0.4, -0.2) is 25.5 Å². The lowest BCUT2D eigenvalue weighted by Crippen LogP contribution is -2.28. The molecule has 0 bridgehead atoms. The third-order valence-corrected chi connectivity index (χ3v) is 4.89. The van der Waals surface area contributed by atoms with Gasteiger partial charge in [-0.2, -0.15) is 0 Å². The van der Waals surface area contributed by atoms with E-state index in [1.54, 1.807) is 30.2 Å². The summed E-state index contributed by atoms with van der Waals surface area (Å²) < 4.78 is 5.33. The van der Waals surface area contributed by atoms with E-state index in [2.05, 4.69) is 5.32 Å². The van der Waals surface area contributed by atoms with Crippen LogP contribution in [0.25, 0.3) is 0 Å². The normalized spacial score (nSPS) is 16.7. The largest absolute Gasteiger partial charge is 0.495 e. The molecule has 0 unspecified atom stereocenters. The predicted octanol–water partition coefficient (Wildman–Crippen LogP) is 3.96. The maximum atomic E-state index is 12.7. The van der Waals surface area contributed by atoms with Crippen LogP contribution in [0.4, 0.5) is 11.4 Å². The number of aryl methyl sites for hydroxylation is 2. The van der Waals surface area contributed by atoms with Crippen molar-refractivity contribution in [3.63, 3.8) is 0 Å². The van der Waals surface area contributed by atoms with Gasteiger partial charge < -0.3 is 15.0 Å². The number of hydrogen-bond acceptors (Lipinski definition) is 3. The average Bonchev–Trinajstić information content (AvgIpc) is 3.00. The summed E-state index contributed by atoms with van der Waals surface area (Å²) in [6.07, 6.45) is 0.159. The van der Waals surface area contributed by atoms with Gasteiger partial charge in [-0.15, -0.1) is 0 Å². The van der Waals surface area contributed by atoms with Crippen LogP contribution in [0.1, 0.15) is 17.5 Å². The second-order valence-electron chi connectivity index (χ2n) is 6.48. The van der Waals surface area contributed by atoms with Crippen LogP contribution in [0.5, 0.6) is 5.75 Å². The molecule has 1 aliphatic heterocycles. The molecule has 2 aromatic rings. The Morgan fingerprint density at radius 2 is 1.92 bits per heavy atom. The van der Waals surface area contributed by atoms with Gasteiger partial charge in [-0.3, -0.25) is 9.59 Å². The molecule has 1 saturated heterocycles. The number of anilines is 2. The molecule has 2 amide bonds. The zero-order valence-corrected chi connectivity index (χ0v) is 15.8. The fraction of sp³-hybridized carbons (Fsp3) is 0.300. The Morgan fingerprint density at radius 1 is 1.23 bits per heavy atom. The minimum Gasteiger partial charge on any atom is -0.495 e. The topological polar surface area (TPSA) is 58.6 Å². The second kappa shape index (κ2) is 7.38. The molecular weight excluding hydrogens is 352 g/mol. The fourth-order valence-corrected chi connectivity index (χ4v) is 3.39. The van der Waals surface area contributed by atoms with Crippen molar-refractivity contribution in [2.24, 2.45) is 5.92 Å². The molecule has 6 heteroatoms. The molecule has 3 rings (SSSR count). The monoisotopic (exact) mass is 372 g/mol. The lowest BCUT2D eigenvalue weighted by atomic mass is 10.1. The summed E-state index contributed by atoms with van der Waals surface area (Å²) in [6, 6.07) is 11.0. The number of halogens is 1. The van der Waals surface area contributed by atoms with Gasteiger partial charge in [0.1, 0.15) is 5.75 Å². The third-order valence-electron chi connectivity index (χ3n) is 4.66. The summed E-state index contributed by atoms with van der Waals surface area (Å²) in [5, 5.41) is 3.49. The van der Waals surface area contributed by atoms with Crippen molar-refractivity contribution in [2.45, 2.75) is 20.3 Å². The lowest BCUT2D eigenvalue weighted by molar-refractivity contribution is -0.122. The van der Waals surface area contributed by atoms with E-state index >= 15 is 0 Å². The van der Waals surface area contributed by atoms with Gasteiger partial charge >= 0.3 is 0 Å². The van der Waals surface area contributed by atoms with Crippen molar-refractivity contribution in [1.82, 2.24) is 0 Å². The molecule has 0 radical (unpaired) electrons. The summed E-state index contributed by atoms with van der Waals surface area (Å²) in [5.41, 5.74) is 3.39. The van der Waals surface area contributed by atoms with Gasteiger partial charge in [-0.1, -0.05) is 29.8 Å². The van der Waals surface area contributed by atoms with Crippen molar-refractivity contribution in [2.75, 3.05) is 23.9 Å². The molecule has 5 nitrogen and oxygen atoms in total. The predicted molar refractivity (Wildman–Crippen MR) is 103 cm³/mol. The molecule has 0 aliphatic carbocycles. The Hall–Kier alpha value is -2.53. The van der Waals surface area contributed by atoms with Crippen molar-refractivity contribution in [3.05, 3.63) is 52.5 Å². The Kier molecular flexibility index (Phi) is 5.18. The first-order valence-corrected chi connectivity index (χ1v) is 8.79. The number of ether oxygens (including phenoxy) is 1. The number of methoxy groups -OCH3 is 1. The number of rotatable bonds is 4. The second-order valence-corrected chi connectivity index (χ2v) is 6.91. The number of para-hydroxylation sites is 1. The molecule has 1 N–H and O–H groups in total. The molecule has 0 saturated carbocycles. The molecule has 26 heavy (non-hydrogen) atoms. The fourth-order valence-electron chi connectivity index (χ4n) is 3.23. The quantitative estimate of drug-likeness (QED) is 0.883. The van der Waals surface area contributed by atoms with E-state index in [1.165, 1.54) is 0 Å². The summed E-state index contributed by atoms with van der Waals surface area (Å²) in [7, 11) is 1.54. The van der Waals surface area contributed by atoms with Gasteiger partial charge in [0.05, 0.1) is 18.7 Å². The Labute approximate surface area is 157 Å². The van der Waals surface area contributed by atoms with Crippen LogP contribution in [-0.2, 0) is 9.59 Å². The summed E-state index contributed by atoms with van der Waals surface area (Å²) in [6.45, 7) is 4.20. The Bertz CT molecular complexity index is 846. The Balaban J connectivity index is 1.80. The van der Waals surface area contributed by atoms with Gasteiger partial charge in [-0.05, 0) is 43.2 Å². The van der Waals surface area contributed by atoms with Crippen LogP contribution >= 0.6 is 11.6 Å². The highest BCUT2D eigenvalue weighted by Crippen LogP contribution is 2.35. The van der Waals surface area contributed by atoms with E-state index in [0.717, 1.165) is 16.8 Å². The van der Waals surface area contributed by atoms with Gasteiger partial charge in [0.2, 0.25) is 11.8 Å². The first-order valence-electron chi connectivity index (χ1n) is 8.41. The minimum atomic E-state index is -0.426. The molecule has 1 atom stereocenters. The van der Waals surface area contributed by atoms with E-state index in [-0.39, 0.29) is 18.2 Å². The highest BCUT2D eigenvalue weighted by Gasteiger charge is 2.36. The van der Waals surface area contributed by atoms with Crippen molar-refractivity contribution in [3.8, 4) is 5.75 Å². The Morgan fingerprint density at radius 3 is 2.58 bits per heavy atom. The maximum Gasteiger partial charge on any atom is 0.229 e. The third kappa shape index (κ3) is 3.53. The highest BCUT2D eigenvalue weighted by atomic mass is 35.5. The molecule has 136 valence electrons. The molecule has 2 aromatic carbocycles. The first kappa shape index (κ1) is 18.3. The first-order chi connectivity index (χ1) is 12.4. The van der Waals surface area contributed by atoms with Crippen molar-refractivity contribution in [1.29, 1.82) is 0 Å². The van der Waals surface area contributed by atoms with Crippen LogP contribution in [0.3, 0.4) is 0 Å². The van der Waals surface area contributed by atoms with E-state index < -0.39 is 5.92 Å². The number of benzene rings is 2. The number of nitrogens with one attached hydrogen (secondary N) is 1. The maximum absolute atomic E-state index is 12.7. The molecular formula is C20H21ClN2O3. The van der Waals surface area contributed by atoms with E-state index in [0.29, 0.717) is 23.0 Å². The van der Waals surface area contributed by atoms with Gasteiger partial charge in [0, 0.05) is 23.7 Å². The molecule has 1 aliphatic rings. The zero-order chi connectivity index (χ0) is 18.8. The number of amides is 2. The van der Waals surface area contributed by atoms with Crippen LogP contribution in [0, 0.1) is 19.8 Å². The lowest BCUT2D eigenvalue weighted by Gasteiger charge is -2.20. The van der Waals surface area contributed by atoms with E-state index in [1.807, 2.05) is 32.0 Å². The van der Waals surface area contributed by atoms with Crippen LogP contribution in [0.15, 0.2) is 36.4 Å². The SMILES string of the molecule is COc1ccc(Cl)cc1N1C[C@@H](C(=O)Nc2c(C)cccc2C)CC1=O. The molecule has 0 aromatic heterocycles. The van der Waals surface area contributed by atoms with Gasteiger partial charge in [0.15, 0.2) is 0 Å². The standard InChI is InChI=1S/C20H21ClN2O3/c1-12-5-4-6-13(2)19(12)22-20(25)14-9-18(24)23(11-14)16-10-15(21)7-8-17(16)26-3/h4-8,10,14H,9,11H2,1-3H3,(H,22,25)/t14-/m0/s1. The zero-order valence-electron chi connectivity index (χ0n) is 15.0. The number of carbonyl (C=O) groups is 2. The molecule has 0 spiro atoms. The molecule has 1 fully saturated rings. The van der Waals surface area contributed by atoms with E-state index in [9.17, 15) is 9.59 Å². The number of carbonyl (C=O) groups excluding carboxylic acids is 2. The van der Waals surface area contributed by atoms with Crippen molar-refractivity contribution < 1.29 is 14.3 Å². The van der Waals surface area contributed by atoms with E-state index in [4.69, 9.17) is 16.3 Å². The summed E-state index contributed by atoms with van der Waals surface area (Å²) in [5.74, 6) is -0.143.